The van der Waals surface area contributed by atoms with E-state index in [1.54, 1.807) is 11.9 Å². The molecule has 0 spiro atoms. The van der Waals surface area contributed by atoms with E-state index < -0.39 is 17.9 Å². The van der Waals surface area contributed by atoms with E-state index in [1.807, 2.05) is 0 Å². The number of nitrogens with zero attached hydrogens (tertiary/aromatic N) is 1. The summed E-state index contributed by atoms with van der Waals surface area (Å²) in [6, 6.07) is -0.366. The molecule has 1 saturated heterocycles. The number of nitrogens with one attached hydrogen (secondary N) is 2. The zero-order valence-corrected chi connectivity index (χ0v) is 20.4. The molecule has 0 unspecified atom stereocenters. The Balaban J connectivity index is 1.84. The molecule has 0 aromatic carbocycles. The molecule has 186 valence electrons. The van der Waals surface area contributed by atoms with Gasteiger partial charge in [-0.2, -0.15) is 0 Å². The van der Waals surface area contributed by atoms with Crippen molar-refractivity contribution in [2.75, 3.05) is 20.2 Å². The lowest BCUT2D eigenvalue weighted by Gasteiger charge is -2.34. The molecule has 2 aliphatic carbocycles. The van der Waals surface area contributed by atoms with Gasteiger partial charge in [-0.15, -0.1) is 0 Å². The van der Waals surface area contributed by atoms with Crippen LogP contribution < -0.4 is 10.6 Å². The number of rotatable bonds is 11. The monoisotopic (exact) mass is 461 g/mol. The van der Waals surface area contributed by atoms with Crippen molar-refractivity contribution >= 4 is 17.7 Å². The van der Waals surface area contributed by atoms with Gasteiger partial charge in [-0.1, -0.05) is 57.6 Å². The summed E-state index contributed by atoms with van der Waals surface area (Å²) in [7, 11) is 1.63. The molecule has 1 saturated carbocycles. The lowest BCUT2D eigenvalue weighted by Crippen LogP contribution is -2.50. The molecule has 0 aromatic heterocycles. The predicted octanol–water partition coefficient (Wildman–Crippen LogP) is 2.78. The van der Waals surface area contributed by atoms with Gasteiger partial charge in [0.25, 0.3) is 0 Å². The van der Waals surface area contributed by atoms with Crippen molar-refractivity contribution in [1.82, 2.24) is 15.5 Å². The van der Waals surface area contributed by atoms with Gasteiger partial charge >= 0.3 is 0 Å². The van der Waals surface area contributed by atoms with Crippen LogP contribution in [-0.4, -0.2) is 60.0 Å². The van der Waals surface area contributed by atoms with Crippen LogP contribution >= 0.6 is 0 Å². The lowest BCUT2D eigenvalue weighted by molar-refractivity contribution is -0.141. The normalized spacial score (nSPS) is 29.7. The molecule has 3 N–H and O–H groups in total. The van der Waals surface area contributed by atoms with E-state index >= 15 is 0 Å². The topological polar surface area (TPSA) is 98.7 Å². The Morgan fingerprint density at radius 3 is 2.45 bits per heavy atom. The van der Waals surface area contributed by atoms with Crippen LogP contribution in [-0.2, 0) is 14.4 Å². The van der Waals surface area contributed by atoms with E-state index in [0.29, 0.717) is 6.54 Å². The second-order valence-electron chi connectivity index (χ2n) is 10.0. The van der Waals surface area contributed by atoms with Gasteiger partial charge < -0.3 is 20.6 Å². The quantitative estimate of drug-likeness (QED) is 0.325. The third-order valence-corrected chi connectivity index (χ3v) is 7.81. The minimum absolute atomic E-state index is 0.0201. The third-order valence-electron chi connectivity index (χ3n) is 7.81. The molecule has 3 aliphatic rings. The summed E-state index contributed by atoms with van der Waals surface area (Å²) < 4.78 is 0. The smallest absolute Gasteiger partial charge is 0.243 e. The maximum atomic E-state index is 13.7. The Morgan fingerprint density at radius 2 is 1.79 bits per heavy atom. The van der Waals surface area contributed by atoms with Gasteiger partial charge in [0.05, 0.1) is 11.8 Å². The van der Waals surface area contributed by atoms with E-state index in [-0.39, 0.29) is 42.2 Å². The molecule has 2 fully saturated rings. The number of fused-ring (bicyclic) bond motifs is 1. The van der Waals surface area contributed by atoms with Crippen LogP contribution in [0, 0.1) is 23.7 Å². The first-order chi connectivity index (χ1) is 16.0. The number of allylic oxidation sites excluding steroid dienone is 1. The Morgan fingerprint density at radius 1 is 1.06 bits per heavy atom. The largest absolute Gasteiger partial charge is 0.396 e. The maximum Gasteiger partial charge on any atom is 0.243 e. The van der Waals surface area contributed by atoms with E-state index in [0.717, 1.165) is 64.2 Å². The third kappa shape index (κ3) is 5.97. The van der Waals surface area contributed by atoms with Gasteiger partial charge in [-0.3, -0.25) is 14.4 Å². The summed E-state index contributed by atoms with van der Waals surface area (Å²) in [6.45, 7) is 2.79. The van der Waals surface area contributed by atoms with Crippen LogP contribution in [0.5, 0.6) is 0 Å². The lowest BCUT2D eigenvalue weighted by atomic mass is 9.68. The molecular formula is C26H43N3O4. The Hall–Kier alpha value is -1.89. The van der Waals surface area contributed by atoms with Crippen molar-refractivity contribution in [1.29, 1.82) is 0 Å². The second-order valence-corrected chi connectivity index (χ2v) is 10.0. The number of hydrogen-bond acceptors (Lipinski definition) is 4. The van der Waals surface area contributed by atoms with Gasteiger partial charge in [-0.25, -0.2) is 0 Å². The Kier molecular flexibility index (Phi) is 9.78. The van der Waals surface area contributed by atoms with E-state index in [1.165, 1.54) is 6.42 Å². The first-order valence-corrected chi connectivity index (χ1v) is 13.1. The standard InChI is InChI=1S/C26H43N3O4/c1-3-11-18-14-15-20-22(21(18)24(31)27-2)26(33)29(16-9-4-5-10-17-30)23(20)25(32)28-19-12-7-6-8-13-19/h14-15,18-23,30H,3-13,16-17H2,1-2H3,(H,27,31)(H,28,32)/t18-,20+,21-,22+,23+/m1/s1. The highest BCUT2D eigenvalue weighted by Gasteiger charge is 2.56. The number of amides is 3. The molecule has 5 atom stereocenters. The molecular weight excluding hydrogens is 418 g/mol. The summed E-state index contributed by atoms with van der Waals surface area (Å²) in [5.41, 5.74) is 0. The fourth-order valence-electron chi connectivity index (χ4n) is 6.15. The number of aliphatic hydroxyl groups excluding tert-OH is 1. The fraction of sp³-hybridized carbons (Fsp3) is 0.808. The van der Waals surface area contributed by atoms with Crippen LogP contribution in [0.25, 0.3) is 0 Å². The average molecular weight is 462 g/mol. The summed E-state index contributed by atoms with van der Waals surface area (Å²) in [6.07, 6.45) is 14.8. The highest BCUT2D eigenvalue weighted by molar-refractivity contribution is 5.96. The zero-order valence-electron chi connectivity index (χ0n) is 20.4. The van der Waals surface area contributed by atoms with Crippen LogP contribution in [0.1, 0.15) is 77.6 Å². The van der Waals surface area contributed by atoms with E-state index in [2.05, 4.69) is 29.7 Å². The summed E-state index contributed by atoms with van der Waals surface area (Å²) >= 11 is 0. The fourth-order valence-corrected chi connectivity index (χ4v) is 6.15. The number of unbranched alkanes of at least 4 members (excludes halogenated alkanes) is 3. The Bertz CT molecular complexity index is 704. The summed E-state index contributed by atoms with van der Waals surface area (Å²) in [4.78, 5) is 42.0. The molecule has 0 bridgehead atoms. The Labute approximate surface area is 198 Å². The highest BCUT2D eigenvalue weighted by atomic mass is 16.3. The van der Waals surface area contributed by atoms with Gasteiger partial charge in [-0.05, 0) is 38.0 Å². The molecule has 33 heavy (non-hydrogen) atoms. The molecule has 7 nitrogen and oxygen atoms in total. The van der Waals surface area contributed by atoms with Crippen LogP contribution in [0.2, 0.25) is 0 Å². The van der Waals surface area contributed by atoms with Crippen LogP contribution in [0.4, 0.5) is 0 Å². The van der Waals surface area contributed by atoms with Crippen molar-refractivity contribution in [3.63, 3.8) is 0 Å². The molecule has 1 heterocycles. The van der Waals surface area contributed by atoms with Crippen molar-refractivity contribution in [3.8, 4) is 0 Å². The van der Waals surface area contributed by atoms with Crippen molar-refractivity contribution in [3.05, 3.63) is 12.2 Å². The predicted molar refractivity (Wildman–Crippen MR) is 128 cm³/mol. The van der Waals surface area contributed by atoms with E-state index in [9.17, 15) is 14.4 Å². The first kappa shape index (κ1) is 25.7. The second kappa shape index (κ2) is 12.5. The number of likely N-dealkylation sites (tertiary alicyclic amines) is 1. The SMILES string of the molecule is CCC[C@@H]1C=C[C@H]2[C@H](C(=O)N(CCCCCCO)[C@@H]2C(=O)NC2CCCCC2)[C@@H]1C(=O)NC. The molecule has 7 heteroatoms. The first-order valence-electron chi connectivity index (χ1n) is 13.1. The molecule has 3 rings (SSSR count). The number of carbonyl (C=O) groups excluding carboxylic acids is 3. The van der Waals surface area contributed by atoms with Crippen LogP contribution in [0.15, 0.2) is 12.2 Å². The maximum absolute atomic E-state index is 13.7. The van der Waals surface area contributed by atoms with Crippen LogP contribution in [0.3, 0.4) is 0 Å². The van der Waals surface area contributed by atoms with E-state index in [4.69, 9.17) is 5.11 Å². The summed E-state index contributed by atoms with van der Waals surface area (Å²) in [5, 5.41) is 15.1. The van der Waals surface area contributed by atoms with Gasteiger partial charge in [0.15, 0.2) is 0 Å². The van der Waals surface area contributed by atoms with Gasteiger partial charge in [0.2, 0.25) is 17.7 Å². The van der Waals surface area contributed by atoms with Crippen molar-refractivity contribution < 1.29 is 19.5 Å². The molecule has 3 amide bonds. The minimum Gasteiger partial charge on any atom is -0.396 e. The number of aliphatic hydroxyl groups is 1. The average Bonchev–Trinajstić information content (AvgIpc) is 3.11. The molecule has 0 radical (unpaired) electrons. The van der Waals surface area contributed by atoms with Crippen molar-refractivity contribution in [2.45, 2.75) is 89.6 Å². The zero-order chi connectivity index (χ0) is 23.8. The molecule has 1 aliphatic heterocycles. The molecule has 0 aromatic rings. The summed E-state index contributed by atoms with van der Waals surface area (Å²) in [5.74, 6) is -1.37. The highest BCUT2D eigenvalue weighted by Crippen LogP contribution is 2.45. The van der Waals surface area contributed by atoms with Gasteiger partial charge in [0, 0.05) is 32.2 Å². The minimum atomic E-state index is -0.548. The number of carbonyl (C=O) groups is 3. The number of hydrogen-bond donors (Lipinski definition) is 3. The van der Waals surface area contributed by atoms with Gasteiger partial charge in [0.1, 0.15) is 6.04 Å². The van der Waals surface area contributed by atoms with Crippen molar-refractivity contribution in [2.24, 2.45) is 23.7 Å².